The minimum Gasteiger partial charge on any atom is -0.483 e. The SMILES string of the molecule is O=C(COc1ccc([N+](=O)[O-])cc1Br)N/N=C\c1cc([N+](=O)[O-])cc(Br)c1OC(=O)c1ccccc1. The van der Waals surface area contributed by atoms with Gasteiger partial charge in [-0.15, -0.1) is 0 Å². The second kappa shape index (κ2) is 12.0. The number of nitro benzene ring substituents is 2. The van der Waals surface area contributed by atoms with Crippen molar-refractivity contribution in [2.24, 2.45) is 5.10 Å². The zero-order valence-corrected chi connectivity index (χ0v) is 21.1. The molecule has 36 heavy (non-hydrogen) atoms. The first-order valence-corrected chi connectivity index (χ1v) is 11.4. The van der Waals surface area contributed by atoms with Gasteiger partial charge in [0.05, 0.1) is 30.6 Å². The van der Waals surface area contributed by atoms with Crippen molar-refractivity contribution in [3.8, 4) is 11.5 Å². The molecule has 0 atom stereocenters. The molecule has 0 saturated carbocycles. The van der Waals surface area contributed by atoms with E-state index in [9.17, 15) is 29.8 Å². The number of hydrogen-bond acceptors (Lipinski definition) is 9. The van der Waals surface area contributed by atoms with Crippen LogP contribution in [-0.4, -0.2) is 34.5 Å². The number of hydrazone groups is 1. The Kier molecular flexibility index (Phi) is 8.81. The monoisotopic (exact) mass is 620 g/mol. The van der Waals surface area contributed by atoms with Gasteiger partial charge < -0.3 is 9.47 Å². The van der Waals surface area contributed by atoms with Crippen LogP contribution < -0.4 is 14.9 Å². The van der Waals surface area contributed by atoms with Crippen LogP contribution in [0.2, 0.25) is 0 Å². The van der Waals surface area contributed by atoms with Gasteiger partial charge in [0.2, 0.25) is 0 Å². The topological polar surface area (TPSA) is 163 Å². The van der Waals surface area contributed by atoms with Crippen molar-refractivity contribution in [3.63, 3.8) is 0 Å². The maximum atomic E-state index is 12.5. The summed E-state index contributed by atoms with van der Waals surface area (Å²) in [6, 6.07) is 14.2. The molecule has 0 aromatic heterocycles. The van der Waals surface area contributed by atoms with Crippen LogP contribution in [0.5, 0.6) is 11.5 Å². The summed E-state index contributed by atoms with van der Waals surface area (Å²) >= 11 is 6.29. The van der Waals surface area contributed by atoms with Crippen molar-refractivity contribution >= 4 is 61.3 Å². The molecule has 3 rings (SSSR count). The number of carbonyl (C=O) groups excluding carboxylic acids is 2. The van der Waals surface area contributed by atoms with E-state index in [-0.39, 0.29) is 42.9 Å². The van der Waals surface area contributed by atoms with Crippen molar-refractivity contribution in [1.29, 1.82) is 0 Å². The van der Waals surface area contributed by atoms with Crippen LogP contribution in [0, 0.1) is 20.2 Å². The van der Waals surface area contributed by atoms with Crippen molar-refractivity contribution in [2.75, 3.05) is 6.61 Å². The molecule has 14 heteroatoms. The fourth-order valence-electron chi connectivity index (χ4n) is 2.70. The Morgan fingerprint density at radius 3 is 2.25 bits per heavy atom. The highest BCUT2D eigenvalue weighted by Crippen LogP contribution is 2.33. The maximum absolute atomic E-state index is 12.5. The van der Waals surface area contributed by atoms with E-state index in [0.29, 0.717) is 0 Å². The van der Waals surface area contributed by atoms with Gasteiger partial charge in [-0.25, -0.2) is 10.2 Å². The van der Waals surface area contributed by atoms with Crippen LogP contribution in [0.1, 0.15) is 15.9 Å². The Balaban J connectivity index is 1.72. The number of nitro groups is 2. The van der Waals surface area contributed by atoms with E-state index in [1.54, 1.807) is 30.3 Å². The molecule has 3 aromatic rings. The molecule has 0 fully saturated rings. The molecule has 1 amide bonds. The molecule has 0 bridgehead atoms. The van der Waals surface area contributed by atoms with Crippen LogP contribution in [0.25, 0.3) is 0 Å². The highest BCUT2D eigenvalue weighted by atomic mass is 79.9. The lowest BCUT2D eigenvalue weighted by molar-refractivity contribution is -0.385. The lowest BCUT2D eigenvalue weighted by Gasteiger charge is -2.10. The first kappa shape index (κ1) is 26.4. The van der Waals surface area contributed by atoms with Gasteiger partial charge in [-0.1, -0.05) is 18.2 Å². The molecule has 0 aliphatic heterocycles. The van der Waals surface area contributed by atoms with Crippen LogP contribution in [0.3, 0.4) is 0 Å². The molecule has 184 valence electrons. The second-order valence-electron chi connectivity index (χ2n) is 6.81. The van der Waals surface area contributed by atoms with Crippen LogP contribution in [0.4, 0.5) is 11.4 Å². The quantitative estimate of drug-likeness (QED) is 0.117. The van der Waals surface area contributed by atoms with Crippen molar-refractivity contribution in [3.05, 3.63) is 101 Å². The van der Waals surface area contributed by atoms with Gasteiger partial charge in [0, 0.05) is 29.8 Å². The fourth-order valence-corrected chi connectivity index (χ4v) is 3.73. The smallest absolute Gasteiger partial charge is 0.343 e. The predicted molar refractivity (Wildman–Crippen MR) is 134 cm³/mol. The van der Waals surface area contributed by atoms with Gasteiger partial charge in [0.15, 0.2) is 12.4 Å². The lowest BCUT2D eigenvalue weighted by atomic mass is 10.2. The first-order chi connectivity index (χ1) is 17.2. The number of benzene rings is 3. The molecule has 0 unspecified atom stereocenters. The van der Waals surface area contributed by atoms with Gasteiger partial charge >= 0.3 is 5.97 Å². The summed E-state index contributed by atoms with van der Waals surface area (Å²) in [6.07, 6.45) is 1.07. The molecule has 1 N–H and O–H groups in total. The van der Waals surface area contributed by atoms with E-state index < -0.39 is 28.3 Å². The molecular weight excluding hydrogens is 608 g/mol. The predicted octanol–water partition coefficient (Wildman–Crippen LogP) is 4.78. The highest BCUT2D eigenvalue weighted by Gasteiger charge is 2.19. The largest absolute Gasteiger partial charge is 0.483 e. The number of hydrogen-bond donors (Lipinski definition) is 1. The average Bonchev–Trinajstić information content (AvgIpc) is 2.85. The summed E-state index contributed by atoms with van der Waals surface area (Å²) in [7, 11) is 0. The zero-order chi connectivity index (χ0) is 26.2. The van der Waals surface area contributed by atoms with Gasteiger partial charge in [-0.05, 0) is 50.1 Å². The maximum Gasteiger partial charge on any atom is 0.343 e. The minimum absolute atomic E-state index is 0.0414. The number of ether oxygens (including phenoxy) is 2. The Morgan fingerprint density at radius 2 is 1.61 bits per heavy atom. The molecule has 0 saturated heterocycles. The fraction of sp³-hybridized carbons (Fsp3) is 0.0455. The molecule has 0 radical (unpaired) electrons. The molecule has 0 spiro atoms. The van der Waals surface area contributed by atoms with Gasteiger partial charge in [-0.2, -0.15) is 5.10 Å². The summed E-state index contributed by atoms with van der Waals surface area (Å²) in [5, 5.41) is 25.8. The Bertz CT molecular complexity index is 1370. The van der Waals surface area contributed by atoms with Crippen molar-refractivity contribution < 1.29 is 28.9 Å². The molecule has 3 aromatic carbocycles. The van der Waals surface area contributed by atoms with Crippen molar-refractivity contribution in [1.82, 2.24) is 5.43 Å². The first-order valence-electron chi connectivity index (χ1n) is 9.79. The minimum atomic E-state index is -0.703. The van der Waals surface area contributed by atoms with E-state index in [1.807, 2.05) is 0 Å². The number of nitrogens with one attached hydrogen (secondary N) is 1. The Labute approximate surface area is 219 Å². The number of esters is 1. The van der Waals surface area contributed by atoms with E-state index in [0.717, 1.165) is 12.3 Å². The summed E-state index contributed by atoms with van der Waals surface area (Å²) in [5.74, 6) is -1.24. The van der Waals surface area contributed by atoms with Gasteiger partial charge in [0.1, 0.15) is 5.75 Å². The van der Waals surface area contributed by atoms with E-state index >= 15 is 0 Å². The van der Waals surface area contributed by atoms with Gasteiger partial charge in [-0.3, -0.25) is 25.0 Å². The summed E-state index contributed by atoms with van der Waals surface area (Å²) < 4.78 is 11.1. The van der Waals surface area contributed by atoms with Crippen LogP contribution in [-0.2, 0) is 4.79 Å². The third-order valence-corrected chi connectivity index (χ3v) is 5.56. The molecular formula is C22H14Br2N4O8. The second-order valence-corrected chi connectivity index (χ2v) is 8.52. The summed E-state index contributed by atoms with van der Waals surface area (Å²) in [4.78, 5) is 45.4. The van der Waals surface area contributed by atoms with E-state index in [4.69, 9.17) is 9.47 Å². The third kappa shape index (κ3) is 6.93. The zero-order valence-electron chi connectivity index (χ0n) is 17.9. The van der Waals surface area contributed by atoms with Crippen molar-refractivity contribution in [2.45, 2.75) is 0 Å². The number of non-ortho nitro benzene ring substituents is 2. The Hall–Kier alpha value is -4.17. The lowest BCUT2D eigenvalue weighted by Crippen LogP contribution is -2.24. The number of nitrogens with zero attached hydrogens (tertiary/aromatic N) is 3. The Morgan fingerprint density at radius 1 is 0.944 bits per heavy atom. The summed E-state index contributed by atoms with van der Waals surface area (Å²) in [6.45, 7) is -0.484. The normalized spacial score (nSPS) is 10.6. The van der Waals surface area contributed by atoms with Gasteiger partial charge in [0.25, 0.3) is 17.3 Å². The number of carbonyl (C=O) groups is 2. The van der Waals surface area contributed by atoms with Crippen LogP contribution >= 0.6 is 31.9 Å². The molecule has 0 aliphatic carbocycles. The summed E-state index contributed by atoms with van der Waals surface area (Å²) in [5.41, 5.74) is 2.02. The average molecular weight is 622 g/mol. The molecule has 0 heterocycles. The molecule has 0 aliphatic rings. The number of rotatable bonds is 9. The number of amides is 1. The third-order valence-electron chi connectivity index (χ3n) is 4.35. The highest BCUT2D eigenvalue weighted by molar-refractivity contribution is 9.11. The van der Waals surface area contributed by atoms with E-state index in [1.165, 1.54) is 24.3 Å². The van der Waals surface area contributed by atoms with Crippen LogP contribution in [0.15, 0.2) is 74.7 Å². The van der Waals surface area contributed by atoms with E-state index in [2.05, 4.69) is 42.4 Å². The standard InChI is InChI=1S/C22H14Br2N4O8/c23-17-9-15(27(31)32)6-7-19(17)35-12-20(29)26-25-11-14-8-16(28(33)34)10-18(24)21(14)36-22(30)13-4-2-1-3-5-13/h1-11H,12H2,(H,26,29)/b25-11-. The molecule has 12 nitrogen and oxygen atoms in total. The number of halogens is 2.